The number of esters is 1. The van der Waals surface area contributed by atoms with Crippen molar-refractivity contribution < 1.29 is 32.8 Å². The monoisotopic (exact) mass is 380 g/mol. The minimum atomic E-state index is -1.32. The Bertz CT molecular complexity index is 883. The average Bonchev–Trinajstić information content (AvgIpc) is 2.60. The Hall–Kier alpha value is -3.56. The van der Waals surface area contributed by atoms with E-state index < -0.39 is 34.5 Å². The molecule has 10 heteroatoms. The molecule has 1 N–H and O–H groups in total. The molecule has 0 aliphatic heterocycles. The molecule has 0 aliphatic carbocycles. The number of nitrogens with zero attached hydrogens (tertiary/aromatic N) is 1. The highest BCUT2D eigenvalue weighted by Gasteiger charge is 2.22. The predicted octanol–water partition coefficient (Wildman–Crippen LogP) is 3.07. The van der Waals surface area contributed by atoms with Crippen molar-refractivity contribution >= 4 is 23.3 Å². The maximum atomic E-state index is 13.2. The fourth-order valence-electron chi connectivity index (χ4n) is 2.08. The van der Waals surface area contributed by atoms with Gasteiger partial charge in [-0.1, -0.05) is 0 Å². The zero-order valence-electron chi connectivity index (χ0n) is 14.2. The molecule has 1 atom stereocenters. The number of rotatable bonds is 6. The van der Waals surface area contributed by atoms with Crippen molar-refractivity contribution in [1.82, 2.24) is 0 Å². The molecule has 1 amide bonds. The summed E-state index contributed by atoms with van der Waals surface area (Å²) in [5.41, 5.74) is -0.509. The van der Waals surface area contributed by atoms with Crippen molar-refractivity contribution in [2.45, 2.75) is 13.0 Å². The van der Waals surface area contributed by atoms with E-state index in [4.69, 9.17) is 9.47 Å². The summed E-state index contributed by atoms with van der Waals surface area (Å²) < 4.78 is 36.2. The van der Waals surface area contributed by atoms with E-state index in [-0.39, 0.29) is 22.7 Å². The number of benzene rings is 2. The van der Waals surface area contributed by atoms with Gasteiger partial charge in [0.05, 0.1) is 29.4 Å². The van der Waals surface area contributed by atoms with Crippen LogP contribution >= 0.6 is 0 Å². The van der Waals surface area contributed by atoms with Gasteiger partial charge in [0, 0.05) is 12.1 Å². The minimum Gasteiger partial charge on any atom is -0.494 e. The van der Waals surface area contributed by atoms with E-state index in [0.717, 1.165) is 24.3 Å². The van der Waals surface area contributed by atoms with E-state index in [1.165, 1.54) is 20.1 Å². The molecule has 0 unspecified atom stereocenters. The molecule has 0 bridgehead atoms. The number of nitro groups is 1. The molecule has 0 aliphatic rings. The van der Waals surface area contributed by atoms with E-state index in [1.807, 2.05) is 0 Å². The van der Waals surface area contributed by atoms with E-state index >= 15 is 0 Å². The summed E-state index contributed by atoms with van der Waals surface area (Å²) in [5, 5.41) is 13.2. The number of methoxy groups -OCH3 is 1. The lowest BCUT2D eigenvalue weighted by atomic mass is 10.2. The Morgan fingerprint density at radius 1 is 1.15 bits per heavy atom. The molecular formula is C17H14F2N2O6. The summed E-state index contributed by atoms with van der Waals surface area (Å²) in [5.74, 6) is -3.76. The molecule has 27 heavy (non-hydrogen) atoms. The zero-order chi connectivity index (χ0) is 20.1. The summed E-state index contributed by atoms with van der Waals surface area (Å²) in [4.78, 5) is 34.2. The Labute approximate surface area is 151 Å². The molecule has 0 saturated carbocycles. The first-order valence-corrected chi connectivity index (χ1v) is 7.51. The van der Waals surface area contributed by atoms with Crippen LogP contribution in [0.3, 0.4) is 0 Å². The maximum Gasteiger partial charge on any atom is 0.339 e. The van der Waals surface area contributed by atoms with Gasteiger partial charge in [0.1, 0.15) is 17.4 Å². The minimum absolute atomic E-state index is 0.0308. The Balaban J connectivity index is 2.09. The zero-order valence-corrected chi connectivity index (χ0v) is 14.2. The normalized spacial score (nSPS) is 11.4. The summed E-state index contributed by atoms with van der Waals surface area (Å²) >= 11 is 0. The number of hydrogen-bond donors (Lipinski definition) is 1. The molecule has 0 spiro atoms. The molecule has 0 aromatic heterocycles. The Morgan fingerprint density at radius 2 is 1.78 bits per heavy atom. The number of hydrogen-bond acceptors (Lipinski definition) is 6. The van der Waals surface area contributed by atoms with Gasteiger partial charge in [0.2, 0.25) is 0 Å². The van der Waals surface area contributed by atoms with Crippen LogP contribution in [0.25, 0.3) is 0 Å². The van der Waals surface area contributed by atoms with Gasteiger partial charge in [-0.3, -0.25) is 14.9 Å². The van der Waals surface area contributed by atoms with E-state index in [9.17, 15) is 28.5 Å². The van der Waals surface area contributed by atoms with Gasteiger partial charge < -0.3 is 14.8 Å². The van der Waals surface area contributed by atoms with Gasteiger partial charge in [-0.2, -0.15) is 0 Å². The summed E-state index contributed by atoms with van der Waals surface area (Å²) in [6, 6.07) is 5.66. The molecule has 142 valence electrons. The maximum absolute atomic E-state index is 13.2. The van der Waals surface area contributed by atoms with Crippen molar-refractivity contribution in [3.05, 3.63) is 63.7 Å². The second kappa shape index (κ2) is 8.21. The van der Waals surface area contributed by atoms with Crippen molar-refractivity contribution in [3.8, 4) is 5.75 Å². The number of nitro benzene ring substituents is 1. The molecule has 2 aromatic carbocycles. The number of nitrogens with one attached hydrogen (secondary N) is 1. The van der Waals surface area contributed by atoms with Gasteiger partial charge in [-0.15, -0.1) is 0 Å². The molecule has 0 heterocycles. The largest absolute Gasteiger partial charge is 0.494 e. The van der Waals surface area contributed by atoms with Crippen LogP contribution in [-0.2, 0) is 9.53 Å². The Morgan fingerprint density at radius 3 is 2.33 bits per heavy atom. The predicted molar refractivity (Wildman–Crippen MR) is 89.5 cm³/mol. The van der Waals surface area contributed by atoms with Crippen molar-refractivity contribution in [3.63, 3.8) is 0 Å². The number of amides is 1. The van der Waals surface area contributed by atoms with Crippen LogP contribution in [0.15, 0.2) is 36.4 Å². The first-order chi connectivity index (χ1) is 12.7. The van der Waals surface area contributed by atoms with Gasteiger partial charge in [-0.05, 0) is 25.1 Å². The molecule has 0 radical (unpaired) electrons. The summed E-state index contributed by atoms with van der Waals surface area (Å²) in [6.07, 6.45) is -1.32. The fraction of sp³-hybridized carbons (Fsp3) is 0.176. The molecule has 0 fully saturated rings. The number of anilines is 1. The van der Waals surface area contributed by atoms with Gasteiger partial charge in [0.15, 0.2) is 6.10 Å². The second-order valence-corrected chi connectivity index (χ2v) is 5.34. The summed E-state index contributed by atoms with van der Waals surface area (Å²) in [6.45, 7) is 1.25. The smallest absolute Gasteiger partial charge is 0.339 e. The van der Waals surface area contributed by atoms with Crippen LogP contribution < -0.4 is 10.1 Å². The lowest BCUT2D eigenvalue weighted by Crippen LogP contribution is -2.30. The first kappa shape index (κ1) is 19.8. The SMILES string of the molecule is COc1cc([N+](=O)[O-])ccc1NC(=O)[C@@H](C)OC(=O)c1cc(F)cc(F)c1. The van der Waals surface area contributed by atoms with E-state index in [2.05, 4.69) is 5.32 Å². The van der Waals surface area contributed by atoms with E-state index in [0.29, 0.717) is 6.07 Å². The molecular weight excluding hydrogens is 366 g/mol. The molecule has 0 saturated heterocycles. The van der Waals surface area contributed by atoms with Gasteiger partial charge >= 0.3 is 5.97 Å². The number of ether oxygens (including phenoxy) is 2. The first-order valence-electron chi connectivity index (χ1n) is 7.51. The van der Waals surface area contributed by atoms with Crippen LogP contribution in [0.1, 0.15) is 17.3 Å². The lowest BCUT2D eigenvalue weighted by Gasteiger charge is -2.15. The van der Waals surface area contributed by atoms with Crippen LogP contribution in [0.2, 0.25) is 0 Å². The van der Waals surface area contributed by atoms with Crippen LogP contribution in [-0.4, -0.2) is 30.0 Å². The quantitative estimate of drug-likeness (QED) is 0.469. The highest BCUT2D eigenvalue weighted by Crippen LogP contribution is 2.29. The van der Waals surface area contributed by atoms with Crippen molar-refractivity contribution in [2.75, 3.05) is 12.4 Å². The number of carbonyl (C=O) groups is 2. The fourth-order valence-corrected chi connectivity index (χ4v) is 2.08. The summed E-state index contributed by atoms with van der Waals surface area (Å²) in [7, 11) is 1.26. The molecule has 2 rings (SSSR count). The Kier molecular flexibility index (Phi) is 6.01. The number of carbonyl (C=O) groups excluding carboxylic acids is 2. The van der Waals surface area contributed by atoms with Gasteiger partial charge in [-0.25, -0.2) is 13.6 Å². The standard InChI is InChI=1S/C17H14F2N2O6/c1-9(27-17(23)10-5-11(18)7-12(19)6-10)16(22)20-14-4-3-13(21(24)25)8-15(14)26-2/h3-9H,1-2H3,(H,20,22)/t9-/m1/s1. The highest BCUT2D eigenvalue weighted by molar-refractivity contribution is 5.98. The average molecular weight is 380 g/mol. The van der Waals surface area contributed by atoms with Crippen LogP contribution in [0, 0.1) is 21.7 Å². The van der Waals surface area contributed by atoms with Crippen molar-refractivity contribution in [1.29, 1.82) is 0 Å². The highest BCUT2D eigenvalue weighted by atomic mass is 19.1. The third kappa shape index (κ3) is 4.97. The van der Waals surface area contributed by atoms with Crippen molar-refractivity contribution in [2.24, 2.45) is 0 Å². The van der Waals surface area contributed by atoms with Crippen LogP contribution in [0.5, 0.6) is 5.75 Å². The molecule has 8 nitrogen and oxygen atoms in total. The topological polar surface area (TPSA) is 108 Å². The van der Waals surface area contributed by atoms with Crippen LogP contribution in [0.4, 0.5) is 20.2 Å². The molecule has 2 aromatic rings. The van der Waals surface area contributed by atoms with Gasteiger partial charge in [0.25, 0.3) is 11.6 Å². The second-order valence-electron chi connectivity index (χ2n) is 5.34. The number of non-ortho nitro benzene ring substituents is 1. The lowest BCUT2D eigenvalue weighted by molar-refractivity contribution is -0.384. The van der Waals surface area contributed by atoms with E-state index in [1.54, 1.807) is 0 Å². The number of halogens is 2. The third-order valence-corrected chi connectivity index (χ3v) is 3.41. The third-order valence-electron chi connectivity index (χ3n) is 3.41.